The third kappa shape index (κ3) is 2.92. The van der Waals surface area contributed by atoms with E-state index in [1.165, 1.54) is 37.8 Å². The molecule has 1 aromatic carbocycles. The van der Waals surface area contributed by atoms with Crippen LogP contribution in [0.5, 0.6) is 0 Å². The number of carbonyl (C=O) groups is 1. The second-order valence-corrected chi connectivity index (χ2v) is 5.20. The van der Waals surface area contributed by atoms with Crippen LogP contribution in [0.15, 0.2) is 24.3 Å². The SMILES string of the molecule is O=C(O)c1cccc(N2OOC(CC3CCCC3)O2)c1. The van der Waals surface area contributed by atoms with Crippen LogP contribution in [0, 0.1) is 5.92 Å². The molecule has 6 nitrogen and oxygen atoms in total. The van der Waals surface area contributed by atoms with Gasteiger partial charge in [0.2, 0.25) is 6.29 Å². The third-order valence-corrected chi connectivity index (χ3v) is 3.74. The van der Waals surface area contributed by atoms with Gasteiger partial charge >= 0.3 is 5.97 Å². The van der Waals surface area contributed by atoms with Gasteiger partial charge in [-0.3, -0.25) is 0 Å². The van der Waals surface area contributed by atoms with Gasteiger partial charge in [-0.05, 0) is 24.1 Å². The van der Waals surface area contributed by atoms with Crippen LogP contribution in [-0.4, -0.2) is 17.4 Å². The molecule has 0 aromatic heterocycles. The van der Waals surface area contributed by atoms with E-state index in [2.05, 4.69) is 0 Å². The fraction of sp³-hybridized carbons (Fsp3) is 0.500. The fourth-order valence-corrected chi connectivity index (χ4v) is 2.69. The lowest BCUT2D eigenvalue weighted by Crippen LogP contribution is -2.19. The molecule has 20 heavy (non-hydrogen) atoms. The Kier molecular flexibility index (Phi) is 3.86. The number of nitrogens with zero attached hydrogens (tertiary/aromatic N) is 1. The van der Waals surface area contributed by atoms with Gasteiger partial charge in [-0.1, -0.05) is 42.0 Å². The van der Waals surface area contributed by atoms with Gasteiger partial charge in [0.05, 0.1) is 11.3 Å². The Morgan fingerprint density at radius 1 is 1.35 bits per heavy atom. The zero-order valence-corrected chi connectivity index (χ0v) is 11.0. The smallest absolute Gasteiger partial charge is 0.335 e. The summed E-state index contributed by atoms with van der Waals surface area (Å²) in [5.74, 6) is -0.372. The Bertz CT molecular complexity index is 486. The van der Waals surface area contributed by atoms with Crippen molar-refractivity contribution in [3.05, 3.63) is 29.8 Å². The van der Waals surface area contributed by atoms with Gasteiger partial charge in [0.15, 0.2) is 0 Å². The summed E-state index contributed by atoms with van der Waals surface area (Å²) in [6.45, 7) is 0. The summed E-state index contributed by atoms with van der Waals surface area (Å²) in [5, 5.41) is 10.1. The molecule has 1 aliphatic carbocycles. The first-order valence-corrected chi connectivity index (χ1v) is 6.86. The summed E-state index contributed by atoms with van der Waals surface area (Å²) in [6, 6.07) is 6.33. The summed E-state index contributed by atoms with van der Waals surface area (Å²) < 4.78 is 0. The maximum atomic E-state index is 10.9. The van der Waals surface area contributed by atoms with E-state index < -0.39 is 12.3 Å². The molecule has 1 saturated carbocycles. The lowest BCUT2D eigenvalue weighted by molar-refractivity contribution is -0.286. The molecule has 6 heteroatoms. The molecular weight excluding hydrogens is 262 g/mol. The molecule has 1 N–H and O–H groups in total. The molecule has 1 heterocycles. The van der Waals surface area contributed by atoms with Crippen molar-refractivity contribution in [2.75, 3.05) is 5.23 Å². The predicted octanol–water partition coefficient (Wildman–Crippen LogP) is 2.91. The molecule has 0 bridgehead atoms. The maximum Gasteiger partial charge on any atom is 0.335 e. The van der Waals surface area contributed by atoms with E-state index >= 15 is 0 Å². The molecule has 108 valence electrons. The molecule has 1 aromatic rings. The summed E-state index contributed by atoms with van der Waals surface area (Å²) in [4.78, 5) is 26.6. The maximum absolute atomic E-state index is 10.9. The number of hydrogen-bond acceptors (Lipinski definition) is 5. The van der Waals surface area contributed by atoms with E-state index in [1.807, 2.05) is 0 Å². The Morgan fingerprint density at radius 3 is 2.90 bits per heavy atom. The van der Waals surface area contributed by atoms with E-state index in [0.717, 1.165) is 11.6 Å². The van der Waals surface area contributed by atoms with Gasteiger partial charge in [0.1, 0.15) is 0 Å². The predicted molar refractivity (Wildman–Crippen MR) is 69.5 cm³/mol. The van der Waals surface area contributed by atoms with Crippen LogP contribution in [0.25, 0.3) is 0 Å². The average Bonchev–Trinajstić information content (AvgIpc) is 3.11. The molecule has 0 amide bonds. The van der Waals surface area contributed by atoms with Gasteiger partial charge in [-0.2, -0.15) is 4.89 Å². The molecule has 1 atom stereocenters. The molecule has 1 unspecified atom stereocenters. The highest BCUT2D eigenvalue weighted by Crippen LogP contribution is 2.32. The minimum atomic E-state index is -0.991. The van der Waals surface area contributed by atoms with Crippen LogP contribution in [0.3, 0.4) is 0 Å². The average molecular weight is 279 g/mol. The first-order chi connectivity index (χ1) is 9.72. The van der Waals surface area contributed by atoms with Gasteiger partial charge in [0.25, 0.3) is 0 Å². The number of hydrogen-bond donors (Lipinski definition) is 1. The van der Waals surface area contributed by atoms with Crippen molar-refractivity contribution in [1.82, 2.24) is 0 Å². The fourth-order valence-electron chi connectivity index (χ4n) is 2.69. The van der Waals surface area contributed by atoms with Crippen LogP contribution in [0.2, 0.25) is 0 Å². The number of rotatable bonds is 4. The number of benzene rings is 1. The van der Waals surface area contributed by atoms with Crippen LogP contribution in [0.1, 0.15) is 42.5 Å². The van der Waals surface area contributed by atoms with Crippen molar-refractivity contribution in [2.24, 2.45) is 5.92 Å². The minimum Gasteiger partial charge on any atom is -0.478 e. The Morgan fingerprint density at radius 2 is 2.15 bits per heavy atom. The number of anilines is 1. The third-order valence-electron chi connectivity index (χ3n) is 3.74. The van der Waals surface area contributed by atoms with E-state index in [0.29, 0.717) is 11.6 Å². The Balaban J connectivity index is 1.61. The van der Waals surface area contributed by atoms with Crippen molar-refractivity contribution in [3.8, 4) is 0 Å². The second kappa shape index (κ2) is 5.78. The Labute approximate surface area is 116 Å². The van der Waals surface area contributed by atoms with E-state index in [4.69, 9.17) is 19.8 Å². The second-order valence-electron chi connectivity index (χ2n) is 5.20. The lowest BCUT2D eigenvalue weighted by Gasteiger charge is -2.13. The number of carboxylic acids is 1. The summed E-state index contributed by atoms with van der Waals surface area (Å²) in [6.07, 6.45) is 5.32. The van der Waals surface area contributed by atoms with E-state index in [9.17, 15) is 4.79 Å². The molecular formula is C14H17NO5. The van der Waals surface area contributed by atoms with Gasteiger partial charge < -0.3 is 5.11 Å². The van der Waals surface area contributed by atoms with Crippen LogP contribution in [-0.2, 0) is 14.7 Å². The largest absolute Gasteiger partial charge is 0.478 e. The summed E-state index contributed by atoms with van der Waals surface area (Å²) >= 11 is 0. The number of carboxylic acid groups (broad SMARTS) is 1. The highest BCUT2D eigenvalue weighted by molar-refractivity contribution is 5.88. The van der Waals surface area contributed by atoms with Crippen molar-refractivity contribution in [1.29, 1.82) is 0 Å². The van der Waals surface area contributed by atoms with Crippen LogP contribution in [0.4, 0.5) is 5.69 Å². The first-order valence-electron chi connectivity index (χ1n) is 6.86. The normalized spacial score (nSPS) is 23.4. The number of aromatic carboxylic acids is 1. The van der Waals surface area contributed by atoms with Crippen molar-refractivity contribution in [3.63, 3.8) is 0 Å². The monoisotopic (exact) mass is 279 g/mol. The molecule has 1 saturated heterocycles. The van der Waals surface area contributed by atoms with E-state index in [-0.39, 0.29) is 5.56 Å². The molecule has 2 aliphatic rings. The Hall–Kier alpha value is -1.63. The lowest BCUT2D eigenvalue weighted by atomic mass is 10.0. The molecule has 2 fully saturated rings. The van der Waals surface area contributed by atoms with Crippen molar-refractivity contribution in [2.45, 2.75) is 38.4 Å². The summed E-state index contributed by atoms with van der Waals surface area (Å²) in [5.41, 5.74) is 0.674. The molecule has 1 aliphatic heterocycles. The zero-order valence-electron chi connectivity index (χ0n) is 11.0. The van der Waals surface area contributed by atoms with Crippen LogP contribution >= 0.6 is 0 Å². The van der Waals surface area contributed by atoms with Gasteiger partial charge in [-0.15, -0.1) is 0 Å². The van der Waals surface area contributed by atoms with Crippen molar-refractivity contribution >= 4 is 11.7 Å². The topological polar surface area (TPSA) is 68.2 Å². The van der Waals surface area contributed by atoms with Gasteiger partial charge in [0, 0.05) is 6.42 Å². The standard InChI is InChI=1S/C14H17NO5/c16-14(17)11-6-3-7-12(9-11)15-18-13(19-20-15)8-10-4-1-2-5-10/h3,6-7,9-10,13H,1-2,4-5,8H2,(H,16,17). The zero-order chi connectivity index (χ0) is 13.9. The van der Waals surface area contributed by atoms with Crippen molar-refractivity contribution < 1.29 is 24.6 Å². The van der Waals surface area contributed by atoms with Gasteiger partial charge in [-0.25, -0.2) is 9.63 Å². The first kappa shape index (κ1) is 13.4. The molecule has 3 rings (SSSR count). The highest BCUT2D eigenvalue weighted by Gasteiger charge is 2.31. The van der Waals surface area contributed by atoms with E-state index in [1.54, 1.807) is 12.1 Å². The highest BCUT2D eigenvalue weighted by atomic mass is 17.4. The van der Waals surface area contributed by atoms with Crippen LogP contribution < -0.4 is 5.23 Å². The molecule has 0 spiro atoms. The molecule has 0 radical (unpaired) electrons. The summed E-state index contributed by atoms with van der Waals surface area (Å²) in [7, 11) is 0. The minimum absolute atomic E-state index is 0.175. The quantitative estimate of drug-likeness (QED) is 0.855.